The smallest absolute Gasteiger partial charge is 0.315 e. The van der Waals surface area contributed by atoms with Crippen LogP contribution >= 0.6 is 0 Å². The maximum absolute atomic E-state index is 12.0. The van der Waals surface area contributed by atoms with E-state index in [2.05, 4.69) is 20.9 Å². The number of carbonyl (C=O) groups excluding carboxylic acids is 2. The van der Waals surface area contributed by atoms with E-state index in [4.69, 9.17) is 0 Å². The number of amides is 3. The summed E-state index contributed by atoms with van der Waals surface area (Å²) in [4.78, 5) is 28.0. The van der Waals surface area contributed by atoms with E-state index in [0.29, 0.717) is 6.54 Å². The van der Waals surface area contributed by atoms with Gasteiger partial charge in [-0.25, -0.2) is 9.78 Å². The number of carbonyl (C=O) groups is 2. The Labute approximate surface area is 153 Å². The Balaban J connectivity index is 1.44. The normalized spacial score (nSPS) is 14.6. The van der Waals surface area contributed by atoms with Crippen LogP contribution < -0.4 is 16.0 Å². The van der Waals surface area contributed by atoms with E-state index >= 15 is 0 Å². The van der Waals surface area contributed by atoms with Gasteiger partial charge in [-0.2, -0.15) is 0 Å². The lowest BCUT2D eigenvalue weighted by molar-refractivity contribution is -0.120. The van der Waals surface area contributed by atoms with Gasteiger partial charge in [0.15, 0.2) is 0 Å². The number of hydrogen-bond acceptors (Lipinski definition) is 3. The summed E-state index contributed by atoms with van der Waals surface area (Å²) in [6, 6.07) is 7.76. The molecule has 3 N–H and O–H groups in total. The second-order valence-corrected chi connectivity index (χ2v) is 6.54. The van der Waals surface area contributed by atoms with Crippen molar-refractivity contribution in [2.24, 2.45) is 0 Å². The number of hydrogen-bond donors (Lipinski definition) is 3. The Hall–Kier alpha value is -2.83. The van der Waals surface area contributed by atoms with Crippen molar-refractivity contribution in [2.45, 2.75) is 44.7 Å². The van der Waals surface area contributed by atoms with Gasteiger partial charge in [0, 0.05) is 25.0 Å². The van der Waals surface area contributed by atoms with Gasteiger partial charge in [0.1, 0.15) is 0 Å². The van der Waals surface area contributed by atoms with Crippen molar-refractivity contribution in [3.63, 3.8) is 0 Å². The monoisotopic (exact) mass is 355 g/mol. The van der Waals surface area contributed by atoms with E-state index in [-0.39, 0.29) is 24.5 Å². The third-order valence-corrected chi connectivity index (χ3v) is 4.60. The number of urea groups is 1. The van der Waals surface area contributed by atoms with Crippen LogP contribution in [0.1, 0.15) is 37.7 Å². The summed E-state index contributed by atoms with van der Waals surface area (Å²) in [6.45, 7) is 0.352. The SMILES string of the molecule is O=C(CNC(=O)NC1CCCCC1)NCc1ccccc1-n1ccnc1. The molecule has 7 heteroatoms. The molecule has 1 aliphatic carbocycles. The number of imidazole rings is 1. The first-order valence-electron chi connectivity index (χ1n) is 9.09. The van der Waals surface area contributed by atoms with Crippen LogP contribution in [-0.4, -0.2) is 34.1 Å². The molecule has 1 aliphatic rings. The first-order chi connectivity index (χ1) is 12.7. The molecule has 7 nitrogen and oxygen atoms in total. The van der Waals surface area contributed by atoms with E-state index in [1.807, 2.05) is 35.0 Å². The molecule has 0 aliphatic heterocycles. The van der Waals surface area contributed by atoms with Crippen LogP contribution in [0.5, 0.6) is 0 Å². The van der Waals surface area contributed by atoms with Crippen LogP contribution in [0.3, 0.4) is 0 Å². The zero-order valence-electron chi connectivity index (χ0n) is 14.8. The van der Waals surface area contributed by atoms with Gasteiger partial charge in [-0.1, -0.05) is 37.5 Å². The highest BCUT2D eigenvalue weighted by Crippen LogP contribution is 2.17. The number of para-hydroxylation sites is 1. The Morgan fingerprint density at radius 1 is 1.12 bits per heavy atom. The Morgan fingerprint density at radius 3 is 2.69 bits per heavy atom. The lowest BCUT2D eigenvalue weighted by Crippen LogP contribution is -2.46. The van der Waals surface area contributed by atoms with Gasteiger partial charge >= 0.3 is 6.03 Å². The summed E-state index contributed by atoms with van der Waals surface area (Å²) in [5.74, 6) is -0.218. The summed E-state index contributed by atoms with van der Waals surface area (Å²) in [6.07, 6.45) is 10.9. The quantitative estimate of drug-likeness (QED) is 0.742. The number of rotatable bonds is 6. The first-order valence-corrected chi connectivity index (χ1v) is 9.09. The summed E-state index contributed by atoms with van der Waals surface area (Å²) in [5, 5.41) is 8.41. The van der Waals surface area contributed by atoms with Crippen molar-refractivity contribution < 1.29 is 9.59 Å². The van der Waals surface area contributed by atoms with Crippen molar-refractivity contribution in [2.75, 3.05) is 6.54 Å². The third-order valence-electron chi connectivity index (χ3n) is 4.60. The largest absolute Gasteiger partial charge is 0.350 e. The van der Waals surface area contributed by atoms with Gasteiger partial charge < -0.3 is 20.5 Å². The molecule has 26 heavy (non-hydrogen) atoms. The minimum Gasteiger partial charge on any atom is -0.350 e. The number of nitrogens with zero attached hydrogens (tertiary/aromatic N) is 2. The van der Waals surface area contributed by atoms with E-state index in [9.17, 15) is 9.59 Å². The zero-order valence-corrected chi connectivity index (χ0v) is 14.8. The summed E-state index contributed by atoms with van der Waals surface area (Å²) < 4.78 is 1.90. The maximum Gasteiger partial charge on any atom is 0.315 e. The topological polar surface area (TPSA) is 88.0 Å². The molecule has 0 unspecified atom stereocenters. The van der Waals surface area contributed by atoms with E-state index in [0.717, 1.165) is 36.9 Å². The van der Waals surface area contributed by atoms with Crippen molar-refractivity contribution in [3.05, 3.63) is 48.5 Å². The Bertz CT molecular complexity index is 723. The highest BCUT2D eigenvalue weighted by Gasteiger charge is 2.15. The molecule has 0 bridgehead atoms. The Morgan fingerprint density at radius 2 is 1.92 bits per heavy atom. The first kappa shape index (κ1) is 18.0. The van der Waals surface area contributed by atoms with Crippen molar-refractivity contribution in [1.82, 2.24) is 25.5 Å². The summed E-state index contributed by atoms with van der Waals surface area (Å²) in [5.41, 5.74) is 1.94. The molecule has 0 radical (unpaired) electrons. The molecule has 1 aromatic carbocycles. The molecule has 0 atom stereocenters. The van der Waals surface area contributed by atoms with Gasteiger partial charge in [-0.05, 0) is 24.5 Å². The van der Waals surface area contributed by atoms with Crippen LogP contribution in [-0.2, 0) is 11.3 Å². The lowest BCUT2D eigenvalue weighted by Gasteiger charge is -2.22. The fourth-order valence-corrected chi connectivity index (χ4v) is 3.21. The van der Waals surface area contributed by atoms with Crippen molar-refractivity contribution in [3.8, 4) is 5.69 Å². The van der Waals surface area contributed by atoms with Crippen LogP contribution in [0, 0.1) is 0 Å². The van der Waals surface area contributed by atoms with Gasteiger partial charge in [0.25, 0.3) is 0 Å². The molecule has 0 spiro atoms. The molecular formula is C19H25N5O2. The zero-order chi connectivity index (χ0) is 18.2. The van der Waals surface area contributed by atoms with Gasteiger partial charge in [-0.15, -0.1) is 0 Å². The second kappa shape index (κ2) is 9.03. The lowest BCUT2D eigenvalue weighted by atomic mass is 9.96. The average molecular weight is 355 g/mol. The van der Waals surface area contributed by atoms with Gasteiger partial charge in [0.05, 0.1) is 18.6 Å². The predicted molar refractivity (Wildman–Crippen MR) is 98.8 cm³/mol. The van der Waals surface area contributed by atoms with Crippen LogP contribution in [0.25, 0.3) is 5.69 Å². The van der Waals surface area contributed by atoms with E-state index < -0.39 is 0 Å². The molecule has 3 amide bonds. The standard InChI is InChI=1S/C19H25N5O2/c25-18(13-22-19(26)23-16-7-2-1-3-8-16)21-12-15-6-4-5-9-17(15)24-11-10-20-14-24/h4-6,9-11,14,16H,1-3,7-8,12-13H2,(H,21,25)(H2,22,23,26). The summed E-state index contributed by atoms with van der Waals surface area (Å²) >= 11 is 0. The fraction of sp³-hybridized carbons (Fsp3) is 0.421. The fourth-order valence-electron chi connectivity index (χ4n) is 3.21. The minimum atomic E-state index is -0.272. The molecule has 1 heterocycles. The third kappa shape index (κ3) is 5.08. The molecule has 1 saturated carbocycles. The summed E-state index contributed by atoms with van der Waals surface area (Å²) in [7, 11) is 0. The second-order valence-electron chi connectivity index (χ2n) is 6.54. The minimum absolute atomic E-state index is 0.0359. The van der Waals surface area contributed by atoms with Crippen molar-refractivity contribution in [1.29, 1.82) is 0 Å². The van der Waals surface area contributed by atoms with E-state index in [1.165, 1.54) is 6.42 Å². The molecule has 1 fully saturated rings. The molecule has 0 saturated heterocycles. The molecule has 1 aromatic heterocycles. The highest BCUT2D eigenvalue weighted by molar-refractivity contribution is 5.84. The van der Waals surface area contributed by atoms with Crippen LogP contribution in [0.4, 0.5) is 4.79 Å². The van der Waals surface area contributed by atoms with E-state index in [1.54, 1.807) is 12.5 Å². The number of nitrogens with one attached hydrogen (secondary N) is 3. The average Bonchev–Trinajstić information content (AvgIpc) is 3.20. The van der Waals surface area contributed by atoms with Gasteiger partial charge in [-0.3, -0.25) is 4.79 Å². The number of aromatic nitrogens is 2. The van der Waals surface area contributed by atoms with Gasteiger partial charge in [0.2, 0.25) is 5.91 Å². The molecule has 2 aromatic rings. The highest BCUT2D eigenvalue weighted by atomic mass is 16.2. The predicted octanol–water partition coefficient (Wildman–Crippen LogP) is 2.12. The number of benzene rings is 1. The molecule has 138 valence electrons. The van der Waals surface area contributed by atoms with Crippen LogP contribution in [0.2, 0.25) is 0 Å². The van der Waals surface area contributed by atoms with Crippen LogP contribution in [0.15, 0.2) is 43.0 Å². The van der Waals surface area contributed by atoms with Crippen molar-refractivity contribution >= 4 is 11.9 Å². The molecule has 3 rings (SSSR count). The molecular weight excluding hydrogens is 330 g/mol. The Kier molecular flexibility index (Phi) is 6.24. The maximum atomic E-state index is 12.0.